The first-order valence-corrected chi connectivity index (χ1v) is 9.43. The summed E-state index contributed by atoms with van der Waals surface area (Å²) in [5.74, 6) is -0.259. The molecule has 0 unspecified atom stereocenters. The van der Waals surface area contributed by atoms with E-state index in [1.165, 1.54) is 0 Å². The van der Waals surface area contributed by atoms with Gasteiger partial charge in [-0.15, -0.1) is 0 Å². The maximum Gasteiger partial charge on any atom is 0.242 e. The van der Waals surface area contributed by atoms with Gasteiger partial charge in [-0.05, 0) is 51.0 Å². The Balaban J connectivity index is 2.22. The third-order valence-electron chi connectivity index (χ3n) is 4.13. The van der Waals surface area contributed by atoms with Gasteiger partial charge in [0.25, 0.3) is 0 Å². The number of carbonyl (C=O) groups is 2. The number of benzene rings is 2. The Morgan fingerprint density at radius 2 is 1.59 bits per heavy atom. The molecule has 2 amide bonds. The lowest BCUT2D eigenvalue weighted by molar-refractivity contribution is -0.140. The molecule has 0 aliphatic heterocycles. The van der Waals surface area contributed by atoms with Crippen LogP contribution in [0.15, 0.2) is 54.6 Å². The van der Waals surface area contributed by atoms with Gasteiger partial charge < -0.3 is 10.2 Å². The Kier molecular flexibility index (Phi) is 7.03. The second kappa shape index (κ2) is 9.05. The van der Waals surface area contributed by atoms with Crippen LogP contribution < -0.4 is 5.32 Å². The lowest BCUT2D eigenvalue weighted by Crippen LogP contribution is -2.52. The summed E-state index contributed by atoms with van der Waals surface area (Å²) in [4.78, 5) is 27.3. The van der Waals surface area contributed by atoms with E-state index in [4.69, 9.17) is 11.6 Å². The number of carbonyl (C=O) groups excluding carboxylic acids is 2. The van der Waals surface area contributed by atoms with Crippen LogP contribution in [0.5, 0.6) is 0 Å². The molecule has 0 saturated carbocycles. The number of amides is 2. The topological polar surface area (TPSA) is 49.4 Å². The minimum Gasteiger partial charge on any atom is -0.350 e. The maximum atomic E-state index is 13.0. The van der Waals surface area contributed by atoms with Crippen molar-refractivity contribution in [3.05, 3.63) is 70.7 Å². The number of nitrogens with zero attached hydrogens (tertiary/aromatic N) is 1. The van der Waals surface area contributed by atoms with Crippen LogP contribution in [0.1, 0.15) is 38.8 Å². The van der Waals surface area contributed by atoms with Crippen molar-refractivity contribution in [1.29, 1.82) is 0 Å². The van der Waals surface area contributed by atoms with Gasteiger partial charge in [-0.1, -0.05) is 54.1 Å². The van der Waals surface area contributed by atoms with Crippen molar-refractivity contribution in [3.8, 4) is 0 Å². The standard InChI is InChI=1S/C22H27ClN2O2/c1-16(21(27)24-22(2,3)4)25(15-18-10-12-19(23)13-11-18)20(26)14-17-8-6-5-7-9-17/h5-13,16H,14-15H2,1-4H3,(H,24,27)/t16-/m0/s1. The summed E-state index contributed by atoms with van der Waals surface area (Å²) < 4.78 is 0. The number of rotatable bonds is 6. The molecule has 0 aliphatic rings. The van der Waals surface area contributed by atoms with Gasteiger partial charge in [0.05, 0.1) is 6.42 Å². The summed E-state index contributed by atoms with van der Waals surface area (Å²) in [6.45, 7) is 7.88. The van der Waals surface area contributed by atoms with E-state index >= 15 is 0 Å². The van der Waals surface area contributed by atoms with Crippen molar-refractivity contribution >= 4 is 23.4 Å². The summed E-state index contributed by atoms with van der Waals surface area (Å²) in [6.07, 6.45) is 0.252. The molecule has 0 radical (unpaired) electrons. The van der Waals surface area contributed by atoms with Gasteiger partial charge >= 0.3 is 0 Å². The van der Waals surface area contributed by atoms with Crippen LogP contribution in [0, 0.1) is 0 Å². The van der Waals surface area contributed by atoms with Gasteiger partial charge in [-0.2, -0.15) is 0 Å². The van der Waals surface area contributed by atoms with Crippen molar-refractivity contribution < 1.29 is 9.59 Å². The quantitative estimate of drug-likeness (QED) is 0.808. The fourth-order valence-electron chi connectivity index (χ4n) is 2.72. The van der Waals surface area contributed by atoms with Crippen molar-refractivity contribution in [2.45, 2.75) is 52.2 Å². The Morgan fingerprint density at radius 3 is 2.15 bits per heavy atom. The van der Waals surface area contributed by atoms with E-state index in [-0.39, 0.29) is 23.8 Å². The molecular weight excluding hydrogens is 360 g/mol. The molecule has 0 saturated heterocycles. The molecular formula is C22H27ClN2O2. The lowest BCUT2D eigenvalue weighted by Gasteiger charge is -2.31. The molecule has 5 heteroatoms. The van der Waals surface area contributed by atoms with Gasteiger partial charge in [-0.25, -0.2) is 0 Å². The Morgan fingerprint density at radius 1 is 1.00 bits per heavy atom. The zero-order valence-corrected chi connectivity index (χ0v) is 17.1. The normalized spacial score (nSPS) is 12.3. The van der Waals surface area contributed by atoms with E-state index in [1.807, 2.05) is 63.2 Å². The second-order valence-corrected chi connectivity index (χ2v) is 8.16. The summed E-state index contributed by atoms with van der Waals surface area (Å²) in [7, 11) is 0. The SMILES string of the molecule is C[C@@H](C(=O)NC(C)(C)C)N(Cc1ccc(Cl)cc1)C(=O)Cc1ccccc1. The van der Waals surface area contributed by atoms with E-state index in [0.29, 0.717) is 11.6 Å². The molecule has 0 aromatic heterocycles. The molecule has 1 atom stereocenters. The highest BCUT2D eigenvalue weighted by molar-refractivity contribution is 6.30. The van der Waals surface area contributed by atoms with Crippen molar-refractivity contribution in [2.75, 3.05) is 0 Å². The molecule has 2 rings (SSSR count). The molecule has 4 nitrogen and oxygen atoms in total. The summed E-state index contributed by atoms with van der Waals surface area (Å²) in [6, 6.07) is 16.3. The molecule has 144 valence electrons. The van der Waals surface area contributed by atoms with Gasteiger partial charge in [0, 0.05) is 17.1 Å². The van der Waals surface area contributed by atoms with Gasteiger partial charge in [-0.3, -0.25) is 9.59 Å². The molecule has 27 heavy (non-hydrogen) atoms. The molecule has 0 spiro atoms. The maximum absolute atomic E-state index is 13.0. The van der Waals surface area contributed by atoms with Crippen LogP contribution in [0.2, 0.25) is 5.02 Å². The summed E-state index contributed by atoms with van der Waals surface area (Å²) in [5.41, 5.74) is 1.49. The Bertz CT molecular complexity index is 767. The van der Waals surface area contributed by atoms with Gasteiger partial charge in [0.2, 0.25) is 11.8 Å². The lowest BCUT2D eigenvalue weighted by atomic mass is 10.1. The molecule has 2 aromatic rings. The van der Waals surface area contributed by atoms with Crippen molar-refractivity contribution in [1.82, 2.24) is 10.2 Å². The van der Waals surface area contributed by atoms with E-state index in [0.717, 1.165) is 11.1 Å². The fraction of sp³-hybridized carbons (Fsp3) is 0.364. The molecule has 1 N–H and O–H groups in total. The van der Waals surface area contributed by atoms with E-state index in [1.54, 1.807) is 24.0 Å². The van der Waals surface area contributed by atoms with Crippen LogP contribution >= 0.6 is 11.6 Å². The van der Waals surface area contributed by atoms with Crippen LogP contribution in [0.4, 0.5) is 0 Å². The minimum absolute atomic E-state index is 0.0901. The predicted octanol–water partition coefficient (Wildman–Crippen LogP) is 4.21. The zero-order chi connectivity index (χ0) is 20.0. The average molecular weight is 387 g/mol. The molecule has 0 heterocycles. The highest BCUT2D eigenvalue weighted by Crippen LogP contribution is 2.16. The molecule has 0 aliphatic carbocycles. The van der Waals surface area contributed by atoms with Gasteiger partial charge in [0.1, 0.15) is 6.04 Å². The number of hydrogen-bond donors (Lipinski definition) is 1. The van der Waals surface area contributed by atoms with E-state index in [9.17, 15) is 9.59 Å². The van der Waals surface area contributed by atoms with E-state index in [2.05, 4.69) is 5.32 Å². The number of nitrogens with one attached hydrogen (secondary N) is 1. The summed E-state index contributed by atoms with van der Waals surface area (Å²) in [5, 5.41) is 3.60. The number of halogens is 1. The first kappa shape index (κ1) is 21.0. The summed E-state index contributed by atoms with van der Waals surface area (Å²) >= 11 is 5.96. The smallest absolute Gasteiger partial charge is 0.242 e. The minimum atomic E-state index is -0.587. The predicted molar refractivity (Wildman–Crippen MR) is 110 cm³/mol. The van der Waals surface area contributed by atoms with Crippen LogP contribution in [0.25, 0.3) is 0 Å². The highest BCUT2D eigenvalue weighted by atomic mass is 35.5. The highest BCUT2D eigenvalue weighted by Gasteiger charge is 2.28. The fourth-order valence-corrected chi connectivity index (χ4v) is 2.84. The third kappa shape index (κ3) is 6.72. The Hall–Kier alpha value is -2.33. The van der Waals surface area contributed by atoms with Crippen molar-refractivity contribution in [3.63, 3.8) is 0 Å². The molecule has 2 aromatic carbocycles. The third-order valence-corrected chi connectivity index (χ3v) is 4.38. The first-order valence-electron chi connectivity index (χ1n) is 9.05. The molecule has 0 fully saturated rings. The Labute approximate surface area is 166 Å². The van der Waals surface area contributed by atoms with Crippen LogP contribution in [-0.4, -0.2) is 28.3 Å². The largest absolute Gasteiger partial charge is 0.350 e. The average Bonchev–Trinajstić information content (AvgIpc) is 2.60. The number of hydrogen-bond acceptors (Lipinski definition) is 2. The van der Waals surface area contributed by atoms with Crippen LogP contribution in [-0.2, 0) is 22.6 Å². The molecule has 0 bridgehead atoms. The van der Waals surface area contributed by atoms with Gasteiger partial charge in [0.15, 0.2) is 0 Å². The van der Waals surface area contributed by atoms with Crippen molar-refractivity contribution in [2.24, 2.45) is 0 Å². The first-order chi connectivity index (χ1) is 12.7. The second-order valence-electron chi connectivity index (χ2n) is 7.73. The zero-order valence-electron chi connectivity index (χ0n) is 16.3. The van der Waals surface area contributed by atoms with E-state index < -0.39 is 6.04 Å². The van der Waals surface area contributed by atoms with Crippen LogP contribution in [0.3, 0.4) is 0 Å². The monoisotopic (exact) mass is 386 g/mol.